The van der Waals surface area contributed by atoms with E-state index in [-0.39, 0.29) is 17.5 Å². The van der Waals surface area contributed by atoms with Crippen molar-refractivity contribution in [2.75, 3.05) is 0 Å². The maximum Gasteiger partial charge on any atom is 0.275 e. The van der Waals surface area contributed by atoms with Gasteiger partial charge in [-0.2, -0.15) is 0 Å². The maximum atomic E-state index is 12.0. The van der Waals surface area contributed by atoms with Crippen molar-refractivity contribution in [2.45, 2.75) is 71.1 Å². The highest BCUT2D eigenvalue weighted by Gasteiger charge is 2.32. The van der Waals surface area contributed by atoms with Gasteiger partial charge in [-0.15, -0.1) is 0 Å². The summed E-state index contributed by atoms with van der Waals surface area (Å²) in [7, 11) is 0. The van der Waals surface area contributed by atoms with E-state index in [0.29, 0.717) is 24.3 Å². The van der Waals surface area contributed by atoms with Crippen molar-refractivity contribution in [3.63, 3.8) is 0 Å². The molecule has 1 fully saturated rings. The Kier molecular flexibility index (Phi) is 6.16. The fraction of sp³-hybridized carbons (Fsp3) is 0.706. The van der Waals surface area contributed by atoms with E-state index in [1.165, 1.54) is 19.3 Å². The Morgan fingerprint density at radius 1 is 1.14 bits per heavy atom. The third-order valence-corrected chi connectivity index (χ3v) is 4.52. The summed E-state index contributed by atoms with van der Waals surface area (Å²) in [6.07, 6.45) is 9.67. The molecule has 5 heteroatoms. The van der Waals surface area contributed by atoms with Crippen molar-refractivity contribution in [1.29, 1.82) is 0 Å². The van der Waals surface area contributed by atoms with Crippen molar-refractivity contribution in [3.05, 3.63) is 11.3 Å². The first-order valence-electron chi connectivity index (χ1n) is 8.50. The Morgan fingerprint density at radius 3 is 2.55 bits per heavy atom. The zero-order chi connectivity index (χ0) is 15.9. The van der Waals surface area contributed by atoms with E-state index in [9.17, 15) is 14.4 Å². The van der Waals surface area contributed by atoms with E-state index in [2.05, 4.69) is 17.6 Å². The molecule has 0 bridgehead atoms. The molecular formula is C17H26N2O3. The molecule has 1 saturated carbocycles. The molecule has 122 valence electrons. The number of carbonyl (C=O) groups excluding carboxylic acids is 3. The van der Waals surface area contributed by atoms with Gasteiger partial charge in [0.05, 0.1) is 0 Å². The molecule has 0 spiro atoms. The highest BCUT2D eigenvalue weighted by molar-refractivity contribution is 6.20. The minimum atomic E-state index is -0.459. The quantitative estimate of drug-likeness (QED) is 0.560. The lowest BCUT2D eigenvalue weighted by Gasteiger charge is -2.21. The minimum Gasteiger partial charge on any atom is -0.321 e. The molecule has 22 heavy (non-hydrogen) atoms. The average molecular weight is 306 g/mol. The molecule has 0 atom stereocenters. The van der Waals surface area contributed by atoms with Crippen LogP contribution in [-0.4, -0.2) is 17.7 Å². The Balaban J connectivity index is 2.00. The zero-order valence-corrected chi connectivity index (χ0v) is 13.4. The van der Waals surface area contributed by atoms with Gasteiger partial charge in [0.25, 0.3) is 11.8 Å². The summed E-state index contributed by atoms with van der Waals surface area (Å²) < 4.78 is 0. The topological polar surface area (TPSA) is 75.3 Å². The number of unbranched alkanes of at least 4 members (excludes halogenated alkanes) is 2. The van der Waals surface area contributed by atoms with Crippen LogP contribution in [0.5, 0.6) is 0 Å². The lowest BCUT2D eigenvalue weighted by molar-refractivity contribution is -0.126. The predicted molar refractivity (Wildman–Crippen MR) is 83.7 cm³/mol. The van der Waals surface area contributed by atoms with Gasteiger partial charge in [0.2, 0.25) is 5.91 Å². The Labute approximate surface area is 131 Å². The van der Waals surface area contributed by atoms with Crippen molar-refractivity contribution in [1.82, 2.24) is 10.6 Å². The normalized spacial score (nSPS) is 19.5. The third kappa shape index (κ3) is 4.42. The van der Waals surface area contributed by atoms with Crippen molar-refractivity contribution >= 4 is 17.7 Å². The number of hydrogen-bond acceptors (Lipinski definition) is 3. The summed E-state index contributed by atoms with van der Waals surface area (Å²) in [6, 6.07) is 0. The van der Waals surface area contributed by atoms with E-state index >= 15 is 0 Å². The van der Waals surface area contributed by atoms with Crippen LogP contribution in [0.2, 0.25) is 0 Å². The molecule has 3 amide bonds. The summed E-state index contributed by atoms with van der Waals surface area (Å²) in [5.41, 5.74) is 0.665. The van der Waals surface area contributed by atoms with E-state index in [1.54, 1.807) is 0 Å². The fourth-order valence-corrected chi connectivity index (χ4v) is 3.24. The van der Waals surface area contributed by atoms with E-state index in [0.717, 1.165) is 32.1 Å². The Bertz CT molecular complexity index is 476. The van der Waals surface area contributed by atoms with Crippen LogP contribution in [0.1, 0.15) is 71.1 Å². The monoisotopic (exact) mass is 306 g/mol. The van der Waals surface area contributed by atoms with Crippen LogP contribution in [-0.2, 0) is 14.4 Å². The number of imide groups is 1. The molecule has 0 aromatic carbocycles. The summed E-state index contributed by atoms with van der Waals surface area (Å²) in [5, 5.41) is 4.98. The van der Waals surface area contributed by atoms with E-state index in [4.69, 9.17) is 0 Å². The third-order valence-electron chi connectivity index (χ3n) is 4.52. The summed E-state index contributed by atoms with van der Waals surface area (Å²) in [4.78, 5) is 35.8. The predicted octanol–water partition coefficient (Wildman–Crippen LogP) is 2.56. The first-order chi connectivity index (χ1) is 10.6. The van der Waals surface area contributed by atoms with Crippen LogP contribution in [0.3, 0.4) is 0 Å². The number of hydrogen-bond donors (Lipinski definition) is 2. The first kappa shape index (κ1) is 16.7. The van der Waals surface area contributed by atoms with Crippen LogP contribution < -0.4 is 10.6 Å². The number of amides is 3. The standard InChI is InChI=1S/C17H26N2O3/c1-2-3-5-10-14(20)18-15-13(16(21)19-17(15)22)11-12-8-6-4-7-9-12/h12H,2-11H2,1H3,(H2,18,19,20,21,22). The van der Waals surface area contributed by atoms with Gasteiger partial charge in [0, 0.05) is 12.0 Å². The van der Waals surface area contributed by atoms with Crippen molar-refractivity contribution in [3.8, 4) is 0 Å². The molecule has 2 N–H and O–H groups in total. The summed E-state index contributed by atoms with van der Waals surface area (Å²) in [6.45, 7) is 2.08. The molecule has 2 rings (SSSR count). The summed E-state index contributed by atoms with van der Waals surface area (Å²) >= 11 is 0. The van der Waals surface area contributed by atoms with Crippen LogP contribution in [0.15, 0.2) is 11.3 Å². The molecule has 1 aliphatic heterocycles. The highest BCUT2D eigenvalue weighted by atomic mass is 16.2. The molecule has 5 nitrogen and oxygen atoms in total. The molecule has 1 aliphatic carbocycles. The number of nitrogens with one attached hydrogen (secondary N) is 2. The molecule has 0 unspecified atom stereocenters. The zero-order valence-electron chi connectivity index (χ0n) is 13.4. The maximum absolute atomic E-state index is 12.0. The molecule has 0 aromatic heterocycles. The lowest BCUT2D eigenvalue weighted by Crippen LogP contribution is -2.30. The van der Waals surface area contributed by atoms with E-state index in [1.807, 2.05) is 0 Å². The molecule has 0 aromatic rings. The van der Waals surface area contributed by atoms with Crippen LogP contribution in [0.4, 0.5) is 0 Å². The van der Waals surface area contributed by atoms with Gasteiger partial charge in [-0.25, -0.2) is 0 Å². The first-order valence-corrected chi connectivity index (χ1v) is 8.50. The number of rotatable bonds is 7. The lowest BCUT2D eigenvalue weighted by atomic mass is 9.84. The minimum absolute atomic E-state index is 0.172. The Morgan fingerprint density at radius 2 is 1.86 bits per heavy atom. The van der Waals surface area contributed by atoms with Crippen molar-refractivity contribution < 1.29 is 14.4 Å². The molecule has 2 aliphatic rings. The fourth-order valence-electron chi connectivity index (χ4n) is 3.24. The van der Waals surface area contributed by atoms with Gasteiger partial charge in [-0.3, -0.25) is 19.7 Å². The second-order valence-electron chi connectivity index (χ2n) is 6.35. The average Bonchev–Trinajstić information content (AvgIpc) is 2.76. The van der Waals surface area contributed by atoms with Gasteiger partial charge in [0.15, 0.2) is 0 Å². The smallest absolute Gasteiger partial charge is 0.275 e. The second-order valence-corrected chi connectivity index (χ2v) is 6.35. The van der Waals surface area contributed by atoms with Crippen molar-refractivity contribution in [2.24, 2.45) is 5.92 Å². The van der Waals surface area contributed by atoms with Crippen LogP contribution >= 0.6 is 0 Å². The number of carbonyl (C=O) groups is 3. The summed E-state index contributed by atoms with van der Waals surface area (Å²) in [5.74, 6) is -0.513. The van der Waals surface area contributed by atoms with Crippen LogP contribution in [0.25, 0.3) is 0 Å². The molecule has 0 saturated heterocycles. The van der Waals surface area contributed by atoms with Gasteiger partial charge in [-0.1, -0.05) is 51.9 Å². The van der Waals surface area contributed by atoms with Gasteiger partial charge >= 0.3 is 0 Å². The van der Waals surface area contributed by atoms with Gasteiger partial charge in [-0.05, 0) is 18.8 Å². The Hall–Kier alpha value is -1.65. The molecule has 0 radical (unpaired) electrons. The van der Waals surface area contributed by atoms with E-state index < -0.39 is 5.91 Å². The van der Waals surface area contributed by atoms with Gasteiger partial charge in [0.1, 0.15) is 5.70 Å². The largest absolute Gasteiger partial charge is 0.321 e. The second kappa shape index (κ2) is 8.11. The molecule has 1 heterocycles. The SMILES string of the molecule is CCCCCC(=O)NC1=C(CC2CCCCC2)C(=O)NC1=O. The molecular weight excluding hydrogens is 280 g/mol. The van der Waals surface area contributed by atoms with Gasteiger partial charge < -0.3 is 5.32 Å². The van der Waals surface area contributed by atoms with Crippen LogP contribution in [0, 0.1) is 5.92 Å². The highest BCUT2D eigenvalue weighted by Crippen LogP contribution is 2.30.